The molecule has 1 atom stereocenters. The highest BCUT2D eigenvalue weighted by atomic mass is 16.2. The molecule has 0 heterocycles. The van der Waals surface area contributed by atoms with Crippen LogP contribution in [0.2, 0.25) is 0 Å². The number of carbonyl (C=O) groups excluding carboxylic acids is 2. The van der Waals surface area contributed by atoms with Gasteiger partial charge in [0.2, 0.25) is 5.91 Å². The maximum Gasteiger partial charge on any atom is 0.318 e. The molecule has 1 unspecified atom stereocenters. The maximum atomic E-state index is 11.5. The van der Waals surface area contributed by atoms with Crippen LogP contribution in [-0.4, -0.2) is 24.0 Å². The molecule has 16 heavy (non-hydrogen) atoms. The monoisotopic (exact) mass is 227 g/mol. The zero-order chi connectivity index (χ0) is 12.7. The Kier molecular flexibility index (Phi) is 3.02. The third-order valence-corrected chi connectivity index (χ3v) is 4.08. The molecule has 3 amide bonds. The van der Waals surface area contributed by atoms with Crippen LogP contribution < -0.4 is 16.4 Å². The van der Waals surface area contributed by atoms with Crippen LogP contribution in [0, 0.1) is 10.8 Å². The SMILES string of the molecule is CC(NC1C(C)(C)C1(C)C)C(=O)NC(N)=O. The Balaban J connectivity index is 2.51. The van der Waals surface area contributed by atoms with Crippen LogP contribution in [0.15, 0.2) is 0 Å². The minimum absolute atomic E-state index is 0.161. The van der Waals surface area contributed by atoms with E-state index in [1.165, 1.54) is 0 Å². The Morgan fingerprint density at radius 2 is 1.62 bits per heavy atom. The van der Waals surface area contributed by atoms with Crippen LogP contribution in [0.5, 0.6) is 0 Å². The van der Waals surface area contributed by atoms with E-state index in [0.29, 0.717) is 0 Å². The quantitative estimate of drug-likeness (QED) is 0.660. The summed E-state index contributed by atoms with van der Waals surface area (Å²) < 4.78 is 0. The van der Waals surface area contributed by atoms with Gasteiger partial charge in [0.25, 0.3) is 0 Å². The molecule has 0 bridgehead atoms. The number of imide groups is 1. The van der Waals surface area contributed by atoms with Crippen molar-refractivity contribution in [1.82, 2.24) is 10.6 Å². The third-order valence-electron chi connectivity index (χ3n) is 4.08. The minimum atomic E-state index is -0.812. The van der Waals surface area contributed by atoms with Crippen LogP contribution in [-0.2, 0) is 4.79 Å². The minimum Gasteiger partial charge on any atom is -0.351 e. The topological polar surface area (TPSA) is 84.2 Å². The molecule has 0 spiro atoms. The van der Waals surface area contributed by atoms with Crippen molar-refractivity contribution in [3.63, 3.8) is 0 Å². The lowest BCUT2D eigenvalue weighted by molar-refractivity contribution is -0.121. The van der Waals surface area contributed by atoms with Gasteiger partial charge < -0.3 is 11.1 Å². The van der Waals surface area contributed by atoms with Gasteiger partial charge in [0.15, 0.2) is 0 Å². The highest BCUT2D eigenvalue weighted by molar-refractivity contribution is 5.96. The van der Waals surface area contributed by atoms with E-state index >= 15 is 0 Å². The number of nitrogens with two attached hydrogens (primary N) is 1. The highest BCUT2D eigenvalue weighted by Gasteiger charge is 2.65. The zero-order valence-electron chi connectivity index (χ0n) is 10.5. The van der Waals surface area contributed by atoms with E-state index in [1.807, 2.05) is 0 Å². The molecule has 0 saturated heterocycles. The van der Waals surface area contributed by atoms with Crippen molar-refractivity contribution in [2.45, 2.75) is 46.7 Å². The number of primary amides is 1. The summed E-state index contributed by atoms with van der Waals surface area (Å²) in [6, 6.07) is -0.958. The van der Waals surface area contributed by atoms with Crippen molar-refractivity contribution in [2.24, 2.45) is 16.6 Å². The number of nitrogens with one attached hydrogen (secondary N) is 2. The Morgan fingerprint density at radius 3 is 1.94 bits per heavy atom. The first-order valence-corrected chi connectivity index (χ1v) is 5.47. The third kappa shape index (κ3) is 2.04. The largest absolute Gasteiger partial charge is 0.351 e. The first-order valence-electron chi connectivity index (χ1n) is 5.47. The second-order valence-electron chi connectivity index (χ2n) is 5.62. The smallest absolute Gasteiger partial charge is 0.318 e. The zero-order valence-corrected chi connectivity index (χ0v) is 10.5. The average molecular weight is 227 g/mol. The van der Waals surface area contributed by atoms with Crippen molar-refractivity contribution in [1.29, 1.82) is 0 Å². The second-order valence-corrected chi connectivity index (χ2v) is 5.62. The Morgan fingerprint density at radius 1 is 1.19 bits per heavy atom. The number of urea groups is 1. The standard InChI is InChI=1S/C11H21N3O2/c1-6(7(15)14-9(12)16)13-8-10(2,3)11(8,4)5/h6,8,13H,1-5H3,(H3,12,14,15,16). The summed E-state index contributed by atoms with van der Waals surface area (Å²) in [5, 5.41) is 5.29. The Labute approximate surface area is 96.1 Å². The van der Waals surface area contributed by atoms with Gasteiger partial charge >= 0.3 is 6.03 Å². The molecule has 1 saturated carbocycles. The normalized spacial score (nSPS) is 23.6. The van der Waals surface area contributed by atoms with Crippen LogP contribution in [0.3, 0.4) is 0 Å². The predicted octanol–water partition coefficient (Wildman–Crippen LogP) is 0.594. The molecule has 0 aromatic rings. The fourth-order valence-electron chi connectivity index (χ4n) is 2.17. The first kappa shape index (κ1) is 13.0. The van der Waals surface area contributed by atoms with Gasteiger partial charge in [0.05, 0.1) is 6.04 Å². The summed E-state index contributed by atoms with van der Waals surface area (Å²) in [7, 11) is 0. The number of hydrogen-bond acceptors (Lipinski definition) is 3. The maximum absolute atomic E-state index is 11.5. The van der Waals surface area contributed by atoms with Gasteiger partial charge in [-0.15, -0.1) is 0 Å². The van der Waals surface area contributed by atoms with Crippen molar-refractivity contribution in [3.8, 4) is 0 Å². The van der Waals surface area contributed by atoms with Crippen molar-refractivity contribution in [3.05, 3.63) is 0 Å². The molecule has 4 N–H and O–H groups in total. The summed E-state index contributed by atoms with van der Waals surface area (Å²) in [6.45, 7) is 10.3. The molecule has 1 rings (SSSR count). The summed E-state index contributed by atoms with van der Waals surface area (Å²) in [5.74, 6) is -0.383. The summed E-state index contributed by atoms with van der Waals surface area (Å²) in [6.07, 6.45) is 0. The average Bonchev–Trinajstić information content (AvgIpc) is 2.46. The molecule has 1 fully saturated rings. The van der Waals surface area contributed by atoms with E-state index in [4.69, 9.17) is 5.73 Å². The van der Waals surface area contributed by atoms with Crippen molar-refractivity contribution >= 4 is 11.9 Å². The van der Waals surface area contributed by atoms with Crippen LogP contribution >= 0.6 is 0 Å². The van der Waals surface area contributed by atoms with Crippen molar-refractivity contribution < 1.29 is 9.59 Å². The molecule has 1 aliphatic carbocycles. The van der Waals surface area contributed by atoms with Gasteiger partial charge in [-0.25, -0.2) is 4.79 Å². The van der Waals surface area contributed by atoms with E-state index < -0.39 is 12.1 Å². The van der Waals surface area contributed by atoms with Gasteiger partial charge in [-0.2, -0.15) is 0 Å². The van der Waals surface area contributed by atoms with Crippen molar-refractivity contribution in [2.75, 3.05) is 0 Å². The molecule has 1 aliphatic rings. The first-order chi connectivity index (χ1) is 7.10. The Hall–Kier alpha value is -1.10. The summed E-state index contributed by atoms with van der Waals surface area (Å²) >= 11 is 0. The number of carbonyl (C=O) groups is 2. The number of amides is 3. The molecular weight excluding hydrogens is 206 g/mol. The van der Waals surface area contributed by atoms with E-state index in [1.54, 1.807) is 6.92 Å². The van der Waals surface area contributed by atoms with Gasteiger partial charge in [-0.3, -0.25) is 10.1 Å². The van der Waals surface area contributed by atoms with E-state index in [0.717, 1.165) is 0 Å². The lowest BCUT2D eigenvalue weighted by Gasteiger charge is -2.14. The molecule has 0 aromatic carbocycles. The van der Waals surface area contributed by atoms with Gasteiger partial charge in [-0.1, -0.05) is 27.7 Å². The van der Waals surface area contributed by atoms with E-state index in [2.05, 4.69) is 38.3 Å². The number of hydrogen-bond donors (Lipinski definition) is 3. The summed E-state index contributed by atoms with van der Waals surface area (Å²) in [5.41, 5.74) is 5.21. The molecule has 92 valence electrons. The van der Waals surface area contributed by atoms with Gasteiger partial charge in [0, 0.05) is 6.04 Å². The lowest BCUT2D eigenvalue weighted by atomic mass is 10.0. The molecule has 0 aliphatic heterocycles. The van der Waals surface area contributed by atoms with Gasteiger partial charge in [-0.05, 0) is 17.8 Å². The molecule has 0 aromatic heterocycles. The lowest BCUT2D eigenvalue weighted by Crippen LogP contribution is -2.48. The molecule has 5 heteroatoms. The van der Waals surface area contributed by atoms with Crippen LogP contribution in [0.4, 0.5) is 4.79 Å². The fraction of sp³-hybridized carbons (Fsp3) is 0.818. The fourth-order valence-corrected chi connectivity index (χ4v) is 2.17. The van der Waals surface area contributed by atoms with E-state index in [9.17, 15) is 9.59 Å². The second kappa shape index (κ2) is 3.73. The number of rotatable bonds is 3. The molecule has 5 nitrogen and oxygen atoms in total. The predicted molar refractivity (Wildman–Crippen MR) is 61.7 cm³/mol. The van der Waals surface area contributed by atoms with Crippen LogP contribution in [0.1, 0.15) is 34.6 Å². The summed E-state index contributed by atoms with van der Waals surface area (Å²) in [4.78, 5) is 22.0. The van der Waals surface area contributed by atoms with E-state index in [-0.39, 0.29) is 22.8 Å². The molecular formula is C11H21N3O2. The van der Waals surface area contributed by atoms with Gasteiger partial charge in [0.1, 0.15) is 0 Å². The Bertz CT molecular complexity index is 309. The van der Waals surface area contributed by atoms with Crippen LogP contribution in [0.25, 0.3) is 0 Å². The molecule has 0 radical (unpaired) electrons. The highest BCUT2D eigenvalue weighted by Crippen LogP contribution is 2.62.